The van der Waals surface area contributed by atoms with Gasteiger partial charge in [0.05, 0.1) is 28.9 Å². The van der Waals surface area contributed by atoms with Gasteiger partial charge in [-0.05, 0) is 25.0 Å². The number of nitrogens with zero attached hydrogens (tertiary/aromatic N) is 1. The smallest absolute Gasteiger partial charge is 0.312 e. The zero-order valence-electron chi connectivity index (χ0n) is 10.1. The first-order valence-corrected chi connectivity index (χ1v) is 6.78. The lowest BCUT2D eigenvalue weighted by molar-refractivity contribution is -0.147. The van der Waals surface area contributed by atoms with E-state index in [0.29, 0.717) is 6.42 Å². The molecule has 3 rings (SSSR count). The minimum atomic E-state index is -0.292. The van der Waals surface area contributed by atoms with E-state index in [-0.39, 0.29) is 11.4 Å². The third kappa shape index (κ3) is 1.95. The van der Waals surface area contributed by atoms with Crippen LogP contribution in [0.3, 0.4) is 0 Å². The van der Waals surface area contributed by atoms with Crippen molar-refractivity contribution in [3.05, 3.63) is 28.7 Å². The highest BCUT2D eigenvalue weighted by Gasteiger charge is 2.51. The van der Waals surface area contributed by atoms with Crippen LogP contribution in [0.25, 0.3) is 11.4 Å². The van der Waals surface area contributed by atoms with E-state index in [2.05, 4.69) is 9.97 Å². The fraction of sp³-hybridized carbons (Fsp3) is 0.385. The highest BCUT2D eigenvalue weighted by molar-refractivity contribution is 7.10. The quantitative estimate of drug-likeness (QED) is 0.862. The molecule has 0 aromatic carbocycles. The molecule has 1 aliphatic rings. The molecule has 1 aliphatic carbocycles. The molecule has 94 valence electrons. The minimum absolute atomic E-state index is 0.0980. The van der Waals surface area contributed by atoms with Gasteiger partial charge in [-0.3, -0.25) is 4.79 Å². The maximum absolute atomic E-state index is 11.7. The van der Waals surface area contributed by atoms with Gasteiger partial charge in [0.15, 0.2) is 0 Å². The Morgan fingerprint density at radius 3 is 3.06 bits per heavy atom. The number of H-pyrrole nitrogens is 1. The molecule has 1 N–H and O–H groups in total. The molecule has 18 heavy (non-hydrogen) atoms. The van der Waals surface area contributed by atoms with E-state index in [1.807, 2.05) is 23.7 Å². The summed E-state index contributed by atoms with van der Waals surface area (Å²) < 4.78 is 4.86. The molecule has 4 nitrogen and oxygen atoms in total. The Morgan fingerprint density at radius 1 is 1.61 bits per heavy atom. The average Bonchev–Trinajstić information content (AvgIpc) is 2.84. The summed E-state index contributed by atoms with van der Waals surface area (Å²) in [6.45, 7) is 0. The number of carbonyl (C=O) groups is 1. The Hall–Kier alpha value is -1.62. The molecule has 0 saturated heterocycles. The van der Waals surface area contributed by atoms with Crippen molar-refractivity contribution in [2.45, 2.75) is 19.3 Å². The molecule has 1 fully saturated rings. The number of aromatic amines is 1. The van der Waals surface area contributed by atoms with Gasteiger partial charge in [0, 0.05) is 18.0 Å². The fourth-order valence-electron chi connectivity index (χ4n) is 2.12. The van der Waals surface area contributed by atoms with Crippen molar-refractivity contribution in [3.8, 4) is 11.4 Å². The summed E-state index contributed by atoms with van der Waals surface area (Å²) >= 11 is 1.60. The standard InChI is InChI=1S/C13H14N2O2S/c1-17-12(16)13(4-5-13)7-11-15-10(8-18-11)9-3-2-6-14-9/h2-3,6,8,14H,4-5,7H2,1H3. The Morgan fingerprint density at radius 2 is 2.44 bits per heavy atom. The van der Waals surface area contributed by atoms with Gasteiger partial charge in [-0.15, -0.1) is 11.3 Å². The van der Waals surface area contributed by atoms with Crippen molar-refractivity contribution in [1.29, 1.82) is 0 Å². The van der Waals surface area contributed by atoms with E-state index < -0.39 is 0 Å². The Kier molecular flexibility index (Phi) is 2.70. The molecular formula is C13H14N2O2S. The zero-order valence-corrected chi connectivity index (χ0v) is 10.9. The maximum atomic E-state index is 11.7. The number of nitrogens with one attached hydrogen (secondary N) is 1. The first-order chi connectivity index (χ1) is 8.73. The van der Waals surface area contributed by atoms with Crippen molar-refractivity contribution in [2.75, 3.05) is 7.11 Å². The zero-order chi connectivity index (χ0) is 12.6. The molecule has 2 aromatic rings. The second-order valence-corrected chi connectivity index (χ2v) is 5.60. The van der Waals surface area contributed by atoms with Crippen molar-refractivity contribution in [2.24, 2.45) is 5.41 Å². The normalized spacial score (nSPS) is 16.5. The van der Waals surface area contributed by atoms with Crippen molar-refractivity contribution >= 4 is 17.3 Å². The van der Waals surface area contributed by atoms with E-state index in [9.17, 15) is 4.79 Å². The summed E-state index contributed by atoms with van der Waals surface area (Å²) in [5.74, 6) is -0.0980. The number of hydrogen-bond acceptors (Lipinski definition) is 4. The number of methoxy groups -OCH3 is 1. The summed E-state index contributed by atoms with van der Waals surface area (Å²) in [4.78, 5) is 19.4. The average molecular weight is 262 g/mol. The third-order valence-corrected chi connectivity index (χ3v) is 4.24. The lowest BCUT2D eigenvalue weighted by Crippen LogP contribution is -2.19. The highest BCUT2D eigenvalue weighted by Crippen LogP contribution is 2.49. The van der Waals surface area contributed by atoms with Crippen LogP contribution in [-0.2, 0) is 16.0 Å². The highest BCUT2D eigenvalue weighted by atomic mass is 32.1. The monoisotopic (exact) mass is 262 g/mol. The Balaban J connectivity index is 1.77. The van der Waals surface area contributed by atoms with Crippen LogP contribution in [0.2, 0.25) is 0 Å². The van der Waals surface area contributed by atoms with Crippen LogP contribution < -0.4 is 0 Å². The van der Waals surface area contributed by atoms with Gasteiger partial charge in [-0.2, -0.15) is 0 Å². The van der Waals surface area contributed by atoms with Gasteiger partial charge < -0.3 is 9.72 Å². The van der Waals surface area contributed by atoms with Crippen LogP contribution in [0, 0.1) is 5.41 Å². The third-order valence-electron chi connectivity index (χ3n) is 3.39. The van der Waals surface area contributed by atoms with Gasteiger partial charge >= 0.3 is 5.97 Å². The topological polar surface area (TPSA) is 55.0 Å². The van der Waals surface area contributed by atoms with Gasteiger partial charge in [0.25, 0.3) is 0 Å². The molecule has 2 heterocycles. The Labute approximate surface area is 109 Å². The van der Waals surface area contributed by atoms with Crippen LogP contribution in [0.4, 0.5) is 0 Å². The largest absolute Gasteiger partial charge is 0.469 e. The van der Waals surface area contributed by atoms with Crippen LogP contribution in [0.5, 0.6) is 0 Å². The second-order valence-electron chi connectivity index (χ2n) is 4.66. The van der Waals surface area contributed by atoms with E-state index >= 15 is 0 Å². The SMILES string of the molecule is COC(=O)C1(Cc2nc(-c3ccc[nH]3)cs2)CC1. The molecule has 1 saturated carbocycles. The molecule has 0 aliphatic heterocycles. The van der Waals surface area contributed by atoms with Crippen LogP contribution in [0.15, 0.2) is 23.7 Å². The molecule has 0 radical (unpaired) electrons. The van der Waals surface area contributed by atoms with E-state index in [1.54, 1.807) is 11.3 Å². The summed E-state index contributed by atoms with van der Waals surface area (Å²) in [5, 5.41) is 3.02. The Bertz CT molecular complexity index is 555. The first kappa shape index (κ1) is 11.5. The molecule has 2 aromatic heterocycles. The predicted molar refractivity (Wildman–Crippen MR) is 69.3 cm³/mol. The molecule has 0 amide bonds. The fourth-order valence-corrected chi connectivity index (χ4v) is 3.05. The lowest BCUT2D eigenvalue weighted by Gasteiger charge is -2.09. The van der Waals surface area contributed by atoms with Gasteiger partial charge in [0.2, 0.25) is 0 Å². The van der Waals surface area contributed by atoms with E-state index in [0.717, 1.165) is 29.2 Å². The van der Waals surface area contributed by atoms with Gasteiger partial charge in [-0.1, -0.05) is 0 Å². The van der Waals surface area contributed by atoms with E-state index in [4.69, 9.17) is 4.74 Å². The van der Waals surface area contributed by atoms with E-state index in [1.165, 1.54) is 7.11 Å². The number of ether oxygens (including phenoxy) is 1. The molecule has 0 spiro atoms. The van der Waals surface area contributed by atoms with Gasteiger partial charge in [0.1, 0.15) is 0 Å². The molecule has 5 heteroatoms. The number of rotatable bonds is 4. The van der Waals surface area contributed by atoms with Crippen molar-refractivity contribution < 1.29 is 9.53 Å². The van der Waals surface area contributed by atoms with Crippen molar-refractivity contribution in [1.82, 2.24) is 9.97 Å². The van der Waals surface area contributed by atoms with Gasteiger partial charge in [-0.25, -0.2) is 4.98 Å². The molecule has 0 atom stereocenters. The maximum Gasteiger partial charge on any atom is 0.312 e. The van der Waals surface area contributed by atoms with Crippen LogP contribution in [0.1, 0.15) is 17.8 Å². The van der Waals surface area contributed by atoms with Crippen LogP contribution in [-0.4, -0.2) is 23.0 Å². The lowest BCUT2D eigenvalue weighted by atomic mass is 10.0. The second kappa shape index (κ2) is 4.24. The number of esters is 1. The predicted octanol–water partition coefficient (Wildman–Crippen LogP) is 2.63. The van der Waals surface area contributed by atoms with Crippen molar-refractivity contribution in [3.63, 3.8) is 0 Å². The number of hydrogen-bond donors (Lipinski definition) is 1. The molecular weight excluding hydrogens is 248 g/mol. The summed E-state index contributed by atoms with van der Waals surface area (Å²) in [7, 11) is 1.45. The number of thiazole rings is 1. The van der Waals surface area contributed by atoms with Crippen LogP contribution >= 0.6 is 11.3 Å². The number of carbonyl (C=O) groups excluding carboxylic acids is 1. The first-order valence-electron chi connectivity index (χ1n) is 5.90. The minimum Gasteiger partial charge on any atom is -0.469 e. The summed E-state index contributed by atoms with van der Waals surface area (Å²) in [6, 6.07) is 3.94. The summed E-state index contributed by atoms with van der Waals surface area (Å²) in [6.07, 6.45) is 4.41. The molecule has 0 bridgehead atoms. The summed E-state index contributed by atoms with van der Waals surface area (Å²) in [5.41, 5.74) is 1.67. The molecule has 0 unspecified atom stereocenters. The number of aromatic nitrogens is 2.